The molecule has 12 nitrogen and oxygen atoms in total. The molecule has 0 saturated heterocycles. The molecule has 0 aliphatic heterocycles. The second kappa shape index (κ2) is 19.2. The van der Waals surface area contributed by atoms with Crippen molar-refractivity contribution in [1.29, 1.82) is 0 Å². The molecule has 0 bridgehead atoms. The van der Waals surface area contributed by atoms with Gasteiger partial charge in [0, 0.05) is 12.0 Å². The summed E-state index contributed by atoms with van der Waals surface area (Å²) in [7, 11) is 0. The van der Waals surface area contributed by atoms with Gasteiger partial charge in [-0.2, -0.15) is 0 Å². The lowest BCUT2D eigenvalue weighted by atomic mass is 9.76. The summed E-state index contributed by atoms with van der Waals surface area (Å²) in [5.74, 6) is -0.984. The molecule has 12 heteroatoms. The zero-order valence-electron chi connectivity index (χ0n) is 24.1. The molecule has 8 atom stereocenters. The number of nitrogens with one attached hydrogen (secondary N) is 1. The van der Waals surface area contributed by atoms with Gasteiger partial charge in [0.15, 0.2) is 12.4 Å². The van der Waals surface area contributed by atoms with Crippen molar-refractivity contribution in [2.24, 2.45) is 5.41 Å². The van der Waals surface area contributed by atoms with Crippen LogP contribution in [0, 0.1) is 5.41 Å². The molecule has 0 aromatic rings. The first-order valence-corrected chi connectivity index (χ1v) is 13.4. The van der Waals surface area contributed by atoms with E-state index in [1.54, 1.807) is 13.8 Å². The molecule has 8 unspecified atom stereocenters. The Hall–Kier alpha value is -0.930. The standard InChI is InChI=1S/C19H39NO11.C7H16/c1-18(2,3)19(4,5)20-17(30)15(29)14(28)16(11(25)8-22)31-12(26)6-9(23)13(27)10(24)7-21;1-3-5-7-6-4-2/h9-16,21-29H,6-8H2,1-5H3,(H,20,30);3-7H2,1-2H3. The number of amides is 1. The van der Waals surface area contributed by atoms with Crippen LogP contribution in [0.15, 0.2) is 0 Å². The fourth-order valence-corrected chi connectivity index (χ4v) is 3.03. The van der Waals surface area contributed by atoms with Gasteiger partial charge in [-0.1, -0.05) is 66.7 Å². The molecule has 0 aromatic heterocycles. The first-order chi connectivity index (χ1) is 17.4. The molecule has 0 saturated carbocycles. The Balaban J connectivity index is 0. The molecule has 0 rings (SSSR count). The molecule has 0 heterocycles. The van der Waals surface area contributed by atoms with E-state index in [-0.39, 0.29) is 0 Å². The van der Waals surface area contributed by atoms with E-state index >= 15 is 0 Å². The fraction of sp³-hybridized carbons (Fsp3) is 0.962. The molecule has 0 radical (unpaired) electrons. The minimum Gasteiger partial charge on any atom is -0.394 e. The van der Waals surface area contributed by atoms with Crippen molar-refractivity contribution in [3.8, 4) is 0 Å². The number of carbonyl (C=O) groups excluding carboxylic acids is 1. The zero-order valence-corrected chi connectivity index (χ0v) is 24.1. The number of hydrogen-bond donors (Lipinski definition) is 10. The maximum atomic E-state index is 12.4. The van der Waals surface area contributed by atoms with Gasteiger partial charge in [-0.05, 0) is 19.3 Å². The van der Waals surface area contributed by atoms with E-state index in [2.05, 4.69) is 19.2 Å². The first kappa shape index (κ1) is 39.2. The van der Waals surface area contributed by atoms with Crippen molar-refractivity contribution in [2.75, 3.05) is 13.2 Å². The van der Waals surface area contributed by atoms with Crippen molar-refractivity contribution < 1.29 is 55.5 Å². The van der Waals surface area contributed by atoms with Gasteiger partial charge in [0.2, 0.25) is 0 Å². The fourth-order valence-electron chi connectivity index (χ4n) is 3.03. The summed E-state index contributed by atoms with van der Waals surface area (Å²) in [6.45, 7) is 11.6. The van der Waals surface area contributed by atoms with Crippen molar-refractivity contribution >= 4 is 5.91 Å². The van der Waals surface area contributed by atoms with Crippen LogP contribution < -0.4 is 5.32 Å². The summed E-state index contributed by atoms with van der Waals surface area (Å²) in [6, 6.07) is 0. The Morgan fingerprint density at radius 1 is 0.737 bits per heavy atom. The normalized spacial score (nSPS) is 18.7. The first-order valence-electron chi connectivity index (χ1n) is 13.4. The third-order valence-electron chi connectivity index (χ3n) is 6.75. The van der Waals surface area contributed by atoms with Gasteiger partial charge < -0.3 is 56.0 Å². The number of rotatable bonds is 17. The number of aliphatic hydroxyl groups is 9. The van der Waals surface area contributed by atoms with E-state index in [0.717, 1.165) is 0 Å². The minimum absolute atomic E-state index is 0.417. The summed E-state index contributed by atoms with van der Waals surface area (Å²) in [5, 5.41) is 89.8. The van der Waals surface area contributed by atoms with E-state index in [9.17, 15) is 45.6 Å². The van der Waals surface area contributed by atoms with Crippen LogP contribution in [-0.4, -0.2) is 120 Å². The lowest BCUT2D eigenvalue weighted by molar-refractivity contribution is -0.225. The van der Waals surface area contributed by atoms with E-state index in [1.165, 1.54) is 32.1 Å². The van der Waals surface area contributed by atoms with Crippen LogP contribution in [0.3, 0.4) is 0 Å². The SMILES string of the molecule is CC(C)(C)C(C)(C)NC(=O)C(O)C(O)C(OC(O)CC(O)C(O)C(O)CO)C(O)CO.CCCCCCC. The lowest BCUT2D eigenvalue weighted by Gasteiger charge is -2.40. The molecular formula is C26H55NO11. The quantitative estimate of drug-likeness (QED) is 0.0783. The largest absolute Gasteiger partial charge is 0.394 e. The highest BCUT2D eigenvalue weighted by molar-refractivity contribution is 5.82. The maximum Gasteiger partial charge on any atom is 0.252 e. The van der Waals surface area contributed by atoms with Gasteiger partial charge in [-0.3, -0.25) is 4.79 Å². The summed E-state index contributed by atoms with van der Waals surface area (Å²) >= 11 is 0. The van der Waals surface area contributed by atoms with E-state index in [1.807, 2.05) is 20.8 Å². The van der Waals surface area contributed by atoms with Crippen molar-refractivity contribution in [2.45, 2.75) is 142 Å². The second-order valence-electron chi connectivity index (χ2n) is 11.2. The van der Waals surface area contributed by atoms with Gasteiger partial charge in [0.25, 0.3) is 5.91 Å². The summed E-state index contributed by atoms with van der Waals surface area (Å²) in [4.78, 5) is 12.4. The van der Waals surface area contributed by atoms with Crippen LogP contribution in [0.1, 0.15) is 87.0 Å². The molecular weight excluding hydrogens is 502 g/mol. The van der Waals surface area contributed by atoms with Gasteiger partial charge in [-0.25, -0.2) is 0 Å². The average Bonchev–Trinajstić information content (AvgIpc) is 2.84. The molecule has 0 aliphatic rings. The highest BCUT2D eigenvalue weighted by atomic mass is 16.6. The van der Waals surface area contributed by atoms with E-state index in [4.69, 9.17) is 9.84 Å². The molecule has 0 aliphatic carbocycles. The van der Waals surface area contributed by atoms with Crippen LogP contribution in [0.25, 0.3) is 0 Å². The predicted octanol–water partition coefficient (Wildman–Crippen LogP) is -0.852. The Labute approximate surface area is 227 Å². The van der Waals surface area contributed by atoms with Crippen LogP contribution in [0.4, 0.5) is 0 Å². The van der Waals surface area contributed by atoms with Crippen LogP contribution >= 0.6 is 0 Å². The third kappa shape index (κ3) is 14.5. The number of aliphatic hydroxyl groups excluding tert-OH is 9. The molecule has 10 N–H and O–H groups in total. The summed E-state index contributed by atoms with van der Waals surface area (Å²) < 4.78 is 5.01. The molecule has 0 aromatic carbocycles. The van der Waals surface area contributed by atoms with Gasteiger partial charge in [0.1, 0.15) is 30.5 Å². The van der Waals surface area contributed by atoms with E-state index in [0.29, 0.717) is 0 Å². The average molecular weight is 558 g/mol. The third-order valence-corrected chi connectivity index (χ3v) is 6.75. The summed E-state index contributed by atoms with van der Waals surface area (Å²) in [5.41, 5.74) is -1.22. The monoisotopic (exact) mass is 557 g/mol. The molecule has 230 valence electrons. The minimum atomic E-state index is -2.10. The number of carbonyl (C=O) groups is 1. The van der Waals surface area contributed by atoms with Crippen LogP contribution in [0.2, 0.25) is 0 Å². The molecule has 0 spiro atoms. The number of unbranched alkanes of at least 4 members (excludes halogenated alkanes) is 4. The van der Waals surface area contributed by atoms with Crippen molar-refractivity contribution in [3.05, 3.63) is 0 Å². The van der Waals surface area contributed by atoms with E-state index < -0.39 is 85.5 Å². The smallest absolute Gasteiger partial charge is 0.252 e. The van der Waals surface area contributed by atoms with Gasteiger partial charge in [0.05, 0.1) is 19.3 Å². The Morgan fingerprint density at radius 2 is 1.21 bits per heavy atom. The highest BCUT2D eigenvalue weighted by Gasteiger charge is 2.41. The van der Waals surface area contributed by atoms with Gasteiger partial charge in [-0.15, -0.1) is 0 Å². The lowest BCUT2D eigenvalue weighted by Crippen LogP contribution is -2.59. The maximum absolute atomic E-state index is 12.4. The zero-order chi connectivity index (χ0) is 30.3. The second-order valence-corrected chi connectivity index (χ2v) is 11.2. The van der Waals surface area contributed by atoms with Crippen molar-refractivity contribution in [1.82, 2.24) is 5.32 Å². The number of hydrogen-bond acceptors (Lipinski definition) is 11. The molecule has 0 fully saturated rings. The Kier molecular flexibility index (Phi) is 19.8. The predicted molar refractivity (Wildman–Crippen MR) is 142 cm³/mol. The van der Waals surface area contributed by atoms with Crippen LogP contribution in [0.5, 0.6) is 0 Å². The number of ether oxygens (including phenoxy) is 1. The topological polar surface area (TPSA) is 220 Å². The molecule has 1 amide bonds. The Bertz CT molecular complexity index is 610. The highest BCUT2D eigenvalue weighted by Crippen LogP contribution is 2.29. The van der Waals surface area contributed by atoms with Gasteiger partial charge >= 0.3 is 0 Å². The van der Waals surface area contributed by atoms with Crippen molar-refractivity contribution in [3.63, 3.8) is 0 Å². The molecule has 38 heavy (non-hydrogen) atoms. The van der Waals surface area contributed by atoms with Crippen LogP contribution in [-0.2, 0) is 9.53 Å². The summed E-state index contributed by atoms with van der Waals surface area (Å²) in [6.07, 6.45) is -8.82. The Morgan fingerprint density at radius 3 is 1.61 bits per heavy atom.